The molecule has 0 N–H and O–H groups in total. The molecule has 0 saturated carbocycles. The summed E-state index contributed by atoms with van der Waals surface area (Å²) in [5, 5.41) is 3.37. The summed E-state index contributed by atoms with van der Waals surface area (Å²) < 4.78 is 58.9. The molecule has 10 heteroatoms. The van der Waals surface area contributed by atoms with E-state index in [2.05, 4.69) is 116 Å². The Hall–Kier alpha value is -0.780. The van der Waals surface area contributed by atoms with Gasteiger partial charge in [0.15, 0.2) is 10.1 Å². The quantitative estimate of drug-likeness (QED) is 0.127. The minimum absolute atomic E-state index is 0. The molecule has 0 bridgehead atoms. The molecule has 0 unspecified atom stereocenters. The molecule has 2 aliphatic carbocycles. The first-order valence-corrected chi connectivity index (χ1v) is 18.5. The van der Waals surface area contributed by atoms with Crippen LogP contribution in [0.2, 0.25) is 0 Å². The summed E-state index contributed by atoms with van der Waals surface area (Å²) >= 11 is 0. The second-order valence-electron chi connectivity index (χ2n) is 11.4. The van der Waals surface area contributed by atoms with E-state index in [1.165, 1.54) is 11.1 Å². The zero-order chi connectivity index (χ0) is 30.4. The summed E-state index contributed by atoms with van der Waals surface area (Å²) in [7, 11) is -6.90. The van der Waals surface area contributed by atoms with Crippen LogP contribution in [0, 0.1) is 0 Å². The number of fused-ring (bicyclic) bond motifs is 2. The van der Waals surface area contributed by atoms with Gasteiger partial charge in [-0.15, -0.1) is 0 Å². The third-order valence-electron chi connectivity index (χ3n) is 7.06. The number of benzene rings is 2. The molecule has 0 saturated heterocycles. The Morgan fingerprint density at radius 2 is 0.927 bits per heavy atom. The van der Waals surface area contributed by atoms with Crippen molar-refractivity contribution in [1.29, 1.82) is 0 Å². The van der Waals surface area contributed by atoms with E-state index in [0.717, 1.165) is 35.5 Å². The Balaban J connectivity index is 0.000000322. The molecular weight excluding hydrogens is 768 g/mol. The number of alkyl halides is 3. The SMILES string of the molecule is CC(C)[PH+](C1=CCc2ccccc21)C(C)C.CC(C)[PH+](C1=CCc2ccccc21)C(C)C.O=S(=O)([O-])C(F)(F)F.[Au+]. The minimum atomic E-state index is -6.09. The maximum atomic E-state index is 10.7. The topological polar surface area (TPSA) is 57.2 Å². The molecule has 0 amide bonds. The summed E-state index contributed by atoms with van der Waals surface area (Å²) in [6, 6.07) is 17.8. The molecule has 0 aliphatic heterocycles. The summed E-state index contributed by atoms with van der Waals surface area (Å²) in [5.41, 5.74) is 3.78. The Labute approximate surface area is 263 Å². The van der Waals surface area contributed by atoms with Gasteiger partial charge in [0, 0.05) is 27.0 Å². The van der Waals surface area contributed by atoms with Gasteiger partial charge in [-0.1, -0.05) is 48.5 Å². The van der Waals surface area contributed by atoms with Crippen molar-refractivity contribution in [2.45, 2.75) is 96.4 Å². The number of allylic oxidation sites excluding steroid dienone is 2. The van der Waals surface area contributed by atoms with Crippen molar-refractivity contribution >= 4 is 36.6 Å². The third kappa shape index (κ3) is 10.4. The normalized spacial score (nSPS) is 14.3. The van der Waals surface area contributed by atoms with Crippen molar-refractivity contribution in [1.82, 2.24) is 0 Å². The smallest absolute Gasteiger partial charge is 0.741 e. The summed E-state index contributed by atoms with van der Waals surface area (Å²) in [6.07, 6.45) is 7.27. The van der Waals surface area contributed by atoms with Crippen molar-refractivity contribution in [3.05, 3.63) is 82.9 Å². The molecule has 0 atom stereocenters. The Kier molecular flexibility index (Phi) is 15.2. The van der Waals surface area contributed by atoms with Gasteiger partial charge in [-0.2, -0.15) is 13.2 Å². The fourth-order valence-corrected chi connectivity index (χ4v) is 12.6. The molecule has 0 spiro atoms. The average molecular weight is 813 g/mol. The van der Waals surface area contributed by atoms with Gasteiger partial charge in [-0.3, -0.25) is 0 Å². The van der Waals surface area contributed by atoms with E-state index in [0.29, 0.717) is 0 Å². The molecule has 3 nitrogen and oxygen atoms in total. The van der Waals surface area contributed by atoms with Crippen molar-refractivity contribution in [2.75, 3.05) is 0 Å². The van der Waals surface area contributed by atoms with Crippen molar-refractivity contribution in [3.8, 4) is 0 Å². The zero-order valence-electron chi connectivity index (χ0n) is 25.1. The first-order valence-electron chi connectivity index (χ1n) is 13.8. The molecule has 0 heterocycles. The van der Waals surface area contributed by atoms with Crippen LogP contribution in [-0.2, 0) is 45.3 Å². The van der Waals surface area contributed by atoms with Crippen LogP contribution in [0.25, 0.3) is 10.6 Å². The fraction of sp³-hybridized carbons (Fsp3) is 0.484. The van der Waals surface area contributed by atoms with E-state index < -0.39 is 31.5 Å². The minimum Gasteiger partial charge on any atom is -0.741 e. The van der Waals surface area contributed by atoms with Gasteiger partial charge in [0.25, 0.3) is 0 Å². The van der Waals surface area contributed by atoms with Crippen LogP contribution in [0.4, 0.5) is 13.2 Å². The van der Waals surface area contributed by atoms with E-state index in [4.69, 9.17) is 13.0 Å². The largest absolute Gasteiger partial charge is 1.00 e. The van der Waals surface area contributed by atoms with Crippen LogP contribution in [0.1, 0.15) is 77.6 Å². The van der Waals surface area contributed by atoms with Gasteiger partial charge in [-0.25, -0.2) is 8.42 Å². The Morgan fingerprint density at radius 1 is 0.659 bits per heavy atom. The Bertz CT molecular complexity index is 1210. The predicted molar refractivity (Wildman–Crippen MR) is 169 cm³/mol. The van der Waals surface area contributed by atoms with E-state index in [-0.39, 0.29) is 22.4 Å². The van der Waals surface area contributed by atoms with Crippen LogP contribution in [0.5, 0.6) is 0 Å². The molecule has 2 aromatic carbocycles. The molecule has 2 aliphatic rings. The van der Waals surface area contributed by atoms with Gasteiger partial charge in [0.05, 0.1) is 33.3 Å². The van der Waals surface area contributed by atoms with E-state index in [9.17, 15) is 13.2 Å². The van der Waals surface area contributed by atoms with Crippen molar-refractivity contribution < 1.29 is 48.5 Å². The molecule has 0 fully saturated rings. The second kappa shape index (κ2) is 16.3. The Morgan fingerprint density at radius 3 is 1.17 bits per heavy atom. The van der Waals surface area contributed by atoms with Gasteiger partial charge < -0.3 is 4.55 Å². The number of hydrogen-bond acceptors (Lipinski definition) is 3. The van der Waals surface area contributed by atoms with E-state index >= 15 is 0 Å². The van der Waals surface area contributed by atoms with E-state index in [1.54, 1.807) is 21.8 Å². The van der Waals surface area contributed by atoms with Gasteiger partial charge >= 0.3 is 27.9 Å². The fourth-order valence-electron chi connectivity index (χ4n) is 5.69. The van der Waals surface area contributed by atoms with Gasteiger partial charge in [0.1, 0.15) is 0 Å². The summed E-state index contributed by atoms with van der Waals surface area (Å²) in [4.78, 5) is 0. The van der Waals surface area contributed by atoms with Crippen LogP contribution in [0.15, 0.2) is 60.7 Å². The monoisotopic (exact) mass is 812 g/mol. The first-order chi connectivity index (χ1) is 18.5. The van der Waals surface area contributed by atoms with Crippen LogP contribution >= 0.6 is 15.8 Å². The number of halogens is 3. The molecular formula is C31H44AuF3O3P2S+2. The molecule has 4 rings (SSSR count). The summed E-state index contributed by atoms with van der Waals surface area (Å²) in [5.74, 6) is 0. The second-order valence-corrected chi connectivity index (χ2v) is 20.3. The molecule has 2 aromatic rings. The molecule has 0 aromatic heterocycles. The van der Waals surface area contributed by atoms with E-state index in [1.807, 2.05) is 0 Å². The van der Waals surface area contributed by atoms with Gasteiger partial charge in [-0.05, 0) is 91.5 Å². The van der Waals surface area contributed by atoms with Crippen molar-refractivity contribution in [2.24, 2.45) is 0 Å². The van der Waals surface area contributed by atoms with Crippen LogP contribution < -0.4 is 0 Å². The van der Waals surface area contributed by atoms with Crippen molar-refractivity contribution in [3.63, 3.8) is 0 Å². The average Bonchev–Trinajstić information content (AvgIpc) is 3.43. The van der Waals surface area contributed by atoms with Crippen LogP contribution in [0.3, 0.4) is 0 Å². The maximum Gasteiger partial charge on any atom is 1.00 e. The molecule has 0 radical (unpaired) electrons. The summed E-state index contributed by atoms with van der Waals surface area (Å²) in [6.45, 7) is 19.1. The maximum absolute atomic E-state index is 10.7. The first kappa shape index (κ1) is 38.2. The zero-order valence-corrected chi connectivity index (χ0v) is 30.0. The third-order valence-corrected chi connectivity index (χ3v) is 14.8. The van der Waals surface area contributed by atoms with Crippen LogP contribution in [-0.4, -0.2) is 41.1 Å². The number of hydrogen-bond donors (Lipinski definition) is 0. The number of rotatable bonds is 6. The molecule has 232 valence electrons. The molecule has 41 heavy (non-hydrogen) atoms. The predicted octanol–water partition coefficient (Wildman–Crippen LogP) is 9.28. The standard InChI is InChI=1S/2C15H21P.CHF3O3S.Au/c2*1-11(2)16(12(3)4)15-10-9-13-7-5-6-8-14(13)15;2-1(3,4)8(5,6)7;/h2*5-8,10-12H,9H2,1-4H3;(H,5,6,7);/q;;;+1/p+1. The van der Waals surface area contributed by atoms with Gasteiger partial charge in [0.2, 0.25) is 0 Å².